The van der Waals surface area contributed by atoms with Gasteiger partial charge in [-0.15, -0.1) is 0 Å². The summed E-state index contributed by atoms with van der Waals surface area (Å²) in [5.41, 5.74) is 3.88. The van der Waals surface area contributed by atoms with Gasteiger partial charge in [-0.3, -0.25) is 9.78 Å². The van der Waals surface area contributed by atoms with E-state index in [1.807, 2.05) is 55.7 Å². The first-order chi connectivity index (χ1) is 8.33. The van der Waals surface area contributed by atoms with E-state index in [0.717, 1.165) is 22.6 Å². The van der Waals surface area contributed by atoms with Crippen LogP contribution >= 0.6 is 0 Å². The van der Waals surface area contributed by atoms with Gasteiger partial charge in [0.1, 0.15) is 5.69 Å². The number of aromatic nitrogens is 4. The van der Waals surface area contributed by atoms with Gasteiger partial charge in [0, 0.05) is 18.8 Å². The van der Waals surface area contributed by atoms with E-state index in [4.69, 9.17) is 0 Å². The number of aryl methyl sites for hydroxylation is 1. The summed E-state index contributed by atoms with van der Waals surface area (Å²) in [6, 6.07) is 14.1. The van der Waals surface area contributed by atoms with Gasteiger partial charge in [-0.1, -0.05) is 30.3 Å². The molecule has 2 heterocycles. The molecule has 4 heteroatoms. The maximum atomic E-state index is 4.33. The fourth-order valence-corrected chi connectivity index (χ4v) is 1.77. The van der Waals surface area contributed by atoms with Gasteiger partial charge in [0.15, 0.2) is 0 Å². The first-order valence-electron chi connectivity index (χ1n) is 5.44. The largest absolute Gasteiger partial charge is 0.276 e. The molecule has 0 radical (unpaired) electrons. The van der Waals surface area contributed by atoms with Crippen molar-refractivity contribution < 1.29 is 0 Å². The minimum atomic E-state index is 0.905. The van der Waals surface area contributed by atoms with Crippen molar-refractivity contribution in [3.63, 3.8) is 0 Å². The Labute approximate surface area is 98.9 Å². The predicted octanol–water partition coefficient (Wildman–Crippen LogP) is 2.48. The van der Waals surface area contributed by atoms with E-state index in [-0.39, 0.29) is 0 Å². The van der Waals surface area contributed by atoms with Crippen LogP contribution in [0.15, 0.2) is 48.7 Å². The Morgan fingerprint density at radius 2 is 1.88 bits per heavy atom. The zero-order valence-corrected chi connectivity index (χ0v) is 9.46. The molecule has 0 aliphatic carbocycles. The quantitative estimate of drug-likeness (QED) is 0.726. The summed E-state index contributed by atoms with van der Waals surface area (Å²) in [4.78, 5) is 0. The lowest BCUT2D eigenvalue weighted by Crippen LogP contribution is -1.87. The van der Waals surface area contributed by atoms with Crippen molar-refractivity contribution in [2.75, 3.05) is 0 Å². The average Bonchev–Trinajstić information content (AvgIpc) is 2.98. The molecule has 17 heavy (non-hydrogen) atoms. The van der Waals surface area contributed by atoms with E-state index in [1.54, 1.807) is 4.68 Å². The Kier molecular flexibility index (Phi) is 2.26. The first kappa shape index (κ1) is 9.84. The van der Waals surface area contributed by atoms with E-state index in [1.165, 1.54) is 0 Å². The third kappa shape index (κ3) is 1.85. The van der Waals surface area contributed by atoms with Crippen molar-refractivity contribution in [2.45, 2.75) is 0 Å². The standard InChI is InChI=1S/C13H12N4/c1-17-8-7-11(16-17)13-9-12(14-15-13)10-5-3-2-4-6-10/h2-9H,1H3,(H,14,15). The van der Waals surface area contributed by atoms with Crippen molar-refractivity contribution in [3.8, 4) is 22.6 Å². The van der Waals surface area contributed by atoms with Crippen molar-refractivity contribution in [2.24, 2.45) is 7.05 Å². The lowest BCUT2D eigenvalue weighted by molar-refractivity contribution is 0.769. The fraction of sp³-hybridized carbons (Fsp3) is 0.0769. The summed E-state index contributed by atoms with van der Waals surface area (Å²) >= 11 is 0. The number of hydrogen-bond donors (Lipinski definition) is 1. The maximum absolute atomic E-state index is 4.33. The van der Waals surface area contributed by atoms with Crippen LogP contribution in [0.25, 0.3) is 22.6 Å². The Hall–Kier alpha value is -2.36. The average molecular weight is 224 g/mol. The van der Waals surface area contributed by atoms with Crippen LogP contribution in [0.5, 0.6) is 0 Å². The van der Waals surface area contributed by atoms with Crippen LogP contribution in [-0.2, 0) is 7.05 Å². The highest BCUT2D eigenvalue weighted by atomic mass is 15.3. The second kappa shape index (κ2) is 3.90. The van der Waals surface area contributed by atoms with E-state index in [2.05, 4.69) is 15.3 Å². The fourth-order valence-electron chi connectivity index (χ4n) is 1.77. The molecule has 3 rings (SSSR count). The van der Waals surface area contributed by atoms with Gasteiger partial charge in [-0.2, -0.15) is 10.2 Å². The van der Waals surface area contributed by atoms with E-state index < -0.39 is 0 Å². The van der Waals surface area contributed by atoms with Gasteiger partial charge in [-0.05, 0) is 12.1 Å². The first-order valence-corrected chi connectivity index (χ1v) is 5.44. The van der Waals surface area contributed by atoms with Crippen LogP contribution in [-0.4, -0.2) is 20.0 Å². The molecule has 0 bridgehead atoms. The highest BCUT2D eigenvalue weighted by Crippen LogP contribution is 2.21. The molecule has 1 aromatic carbocycles. The SMILES string of the molecule is Cn1ccc(-c2cc(-c3ccccc3)n[nH]2)n1. The van der Waals surface area contributed by atoms with Gasteiger partial charge in [0.2, 0.25) is 0 Å². The van der Waals surface area contributed by atoms with Crippen LogP contribution in [0.3, 0.4) is 0 Å². The summed E-state index contributed by atoms with van der Waals surface area (Å²) < 4.78 is 1.78. The van der Waals surface area contributed by atoms with Crippen molar-refractivity contribution >= 4 is 0 Å². The van der Waals surface area contributed by atoms with Gasteiger partial charge in [0.25, 0.3) is 0 Å². The molecular formula is C13H12N4. The van der Waals surface area contributed by atoms with Gasteiger partial charge in [0.05, 0.1) is 11.4 Å². The molecule has 0 saturated heterocycles. The number of benzene rings is 1. The smallest absolute Gasteiger partial charge is 0.110 e. The molecule has 2 aromatic heterocycles. The number of H-pyrrole nitrogens is 1. The molecule has 4 nitrogen and oxygen atoms in total. The number of aromatic amines is 1. The molecule has 0 atom stereocenters. The summed E-state index contributed by atoms with van der Waals surface area (Å²) in [7, 11) is 1.90. The summed E-state index contributed by atoms with van der Waals surface area (Å²) in [5, 5.41) is 11.6. The summed E-state index contributed by atoms with van der Waals surface area (Å²) in [5.74, 6) is 0. The molecule has 0 unspecified atom stereocenters. The second-order valence-corrected chi connectivity index (χ2v) is 3.91. The van der Waals surface area contributed by atoms with E-state index in [9.17, 15) is 0 Å². The topological polar surface area (TPSA) is 46.5 Å². The Balaban J connectivity index is 1.99. The van der Waals surface area contributed by atoms with Crippen LogP contribution in [0.2, 0.25) is 0 Å². The molecule has 84 valence electrons. The van der Waals surface area contributed by atoms with Crippen LogP contribution in [0, 0.1) is 0 Å². The van der Waals surface area contributed by atoms with Crippen LogP contribution in [0.4, 0.5) is 0 Å². The lowest BCUT2D eigenvalue weighted by Gasteiger charge is -1.92. The highest BCUT2D eigenvalue weighted by molar-refractivity contribution is 5.65. The Morgan fingerprint density at radius 1 is 1.06 bits per heavy atom. The van der Waals surface area contributed by atoms with Gasteiger partial charge in [-0.25, -0.2) is 0 Å². The monoisotopic (exact) mass is 224 g/mol. The third-order valence-corrected chi connectivity index (χ3v) is 2.64. The third-order valence-electron chi connectivity index (χ3n) is 2.64. The zero-order valence-electron chi connectivity index (χ0n) is 9.46. The minimum absolute atomic E-state index is 0.905. The van der Waals surface area contributed by atoms with Crippen LogP contribution < -0.4 is 0 Å². The van der Waals surface area contributed by atoms with Gasteiger partial charge < -0.3 is 0 Å². The maximum Gasteiger partial charge on any atom is 0.110 e. The van der Waals surface area contributed by atoms with Gasteiger partial charge >= 0.3 is 0 Å². The Morgan fingerprint density at radius 3 is 2.59 bits per heavy atom. The molecule has 3 aromatic rings. The van der Waals surface area contributed by atoms with E-state index >= 15 is 0 Å². The van der Waals surface area contributed by atoms with E-state index in [0.29, 0.717) is 0 Å². The number of rotatable bonds is 2. The highest BCUT2D eigenvalue weighted by Gasteiger charge is 2.07. The molecular weight excluding hydrogens is 212 g/mol. The van der Waals surface area contributed by atoms with Crippen molar-refractivity contribution in [3.05, 3.63) is 48.7 Å². The lowest BCUT2D eigenvalue weighted by atomic mass is 10.1. The summed E-state index contributed by atoms with van der Waals surface area (Å²) in [6.07, 6.45) is 1.92. The molecule has 0 aliphatic rings. The number of nitrogens with zero attached hydrogens (tertiary/aromatic N) is 3. The number of hydrogen-bond acceptors (Lipinski definition) is 2. The molecule has 0 saturated carbocycles. The zero-order chi connectivity index (χ0) is 11.7. The van der Waals surface area contributed by atoms with Crippen molar-refractivity contribution in [1.29, 1.82) is 0 Å². The summed E-state index contributed by atoms with van der Waals surface area (Å²) in [6.45, 7) is 0. The Bertz CT molecular complexity index is 622. The normalized spacial score (nSPS) is 10.6. The second-order valence-electron chi connectivity index (χ2n) is 3.91. The predicted molar refractivity (Wildman–Crippen MR) is 66.2 cm³/mol. The molecule has 0 spiro atoms. The molecule has 1 N–H and O–H groups in total. The number of nitrogens with one attached hydrogen (secondary N) is 1. The van der Waals surface area contributed by atoms with Crippen molar-refractivity contribution in [1.82, 2.24) is 20.0 Å². The molecule has 0 amide bonds. The molecule has 0 aliphatic heterocycles. The molecule has 0 fully saturated rings. The minimum Gasteiger partial charge on any atom is -0.276 e. The van der Waals surface area contributed by atoms with Crippen LogP contribution in [0.1, 0.15) is 0 Å².